The van der Waals surface area contributed by atoms with Crippen LogP contribution in [0.2, 0.25) is 0 Å². The molecule has 3 rings (SSSR count). The Balaban J connectivity index is 1.60. The minimum atomic E-state index is 0.571. The Labute approximate surface area is 167 Å². The number of benzene rings is 1. The fourth-order valence-electron chi connectivity index (χ4n) is 3.43. The highest BCUT2D eigenvalue weighted by atomic mass is 15.2. The van der Waals surface area contributed by atoms with Crippen LogP contribution in [-0.4, -0.2) is 33.6 Å². The summed E-state index contributed by atoms with van der Waals surface area (Å²) in [4.78, 5) is 12.6. The van der Waals surface area contributed by atoms with E-state index in [9.17, 15) is 0 Å². The van der Waals surface area contributed by atoms with Crippen molar-refractivity contribution in [1.82, 2.24) is 25.2 Å². The van der Waals surface area contributed by atoms with Crippen LogP contribution in [-0.2, 0) is 19.5 Å². The molecule has 28 heavy (non-hydrogen) atoms. The number of guanidine groups is 1. The predicted octanol–water partition coefficient (Wildman–Crippen LogP) is 3.63. The minimum Gasteiger partial charge on any atom is -0.361 e. The predicted molar refractivity (Wildman–Crippen MR) is 117 cm³/mol. The van der Waals surface area contributed by atoms with Gasteiger partial charge in [-0.25, -0.2) is 9.98 Å². The average molecular weight is 381 g/mol. The van der Waals surface area contributed by atoms with Crippen molar-refractivity contribution in [1.29, 1.82) is 0 Å². The molecule has 0 saturated heterocycles. The number of para-hydroxylation sites is 1. The summed E-state index contributed by atoms with van der Waals surface area (Å²) in [6.45, 7) is 11.8. The van der Waals surface area contributed by atoms with E-state index in [4.69, 9.17) is 4.99 Å². The zero-order valence-corrected chi connectivity index (χ0v) is 17.4. The Morgan fingerprint density at radius 2 is 2.14 bits per heavy atom. The van der Waals surface area contributed by atoms with Gasteiger partial charge in [0, 0.05) is 49.1 Å². The summed E-state index contributed by atoms with van der Waals surface area (Å²) in [5.74, 6) is 2.42. The second-order valence-corrected chi connectivity index (χ2v) is 7.57. The van der Waals surface area contributed by atoms with Crippen molar-refractivity contribution in [3.8, 4) is 0 Å². The largest absolute Gasteiger partial charge is 0.361 e. The van der Waals surface area contributed by atoms with E-state index in [-0.39, 0.29) is 0 Å². The lowest BCUT2D eigenvalue weighted by Crippen LogP contribution is -2.38. The van der Waals surface area contributed by atoms with Gasteiger partial charge in [-0.15, -0.1) is 0 Å². The van der Waals surface area contributed by atoms with Gasteiger partial charge in [0.2, 0.25) is 0 Å². The van der Waals surface area contributed by atoms with E-state index in [1.165, 1.54) is 22.0 Å². The fourth-order valence-corrected chi connectivity index (χ4v) is 3.43. The zero-order valence-electron chi connectivity index (χ0n) is 17.4. The van der Waals surface area contributed by atoms with E-state index in [0.29, 0.717) is 12.5 Å². The summed E-state index contributed by atoms with van der Waals surface area (Å²) in [5, 5.41) is 8.08. The molecule has 0 unspecified atom stereocenters. The molecule has 150 valence electrons. The molecular weight excluding hydrogens is 348 g/mol. The molecule has 0 atom stereocenters. The Morgan fingerprint density at radius 1 is 1.29 bits per heavy atom. The number of aromatic amines is 1. The van der Waals surface area contributed by atoms with E-state index >= 15 is 0 Å². The molecule has 2 aromatic heterocycles. The number of H-pyrrole nitrogens is 1. The molecular formula is C22H32N6. The van der Waals surface area contributed by atoms with Crippen molar-refractivity contribution < 1.29 is 0 Å². The second-order valence-electron chi connectivity index (χ2n) is 7.57. The van der Waals surface area contributed by atoms with Gasteiger partial charge in [0.1, 0.15) is 12.4 Å². The minimum absolute atomic E-state index is 0.571. The van der Waals surface area contributed by atoms with E-state index in [1.54, 1.807) is 0 Å². The number of nitrogens with one attached hydrogen (secondary N) is 3. The monoisotopic (exact) mass is 380 g/mol. The summed E-state index contributed by atoms with van der Waals surface area (Å²) >= 11 is 0. The molecule has 6 nitrogen and oxygen atoms in total. The molecule has 3 aromatic rings. The molecule has 0 spiro atoms. The van der Waals surface area contributed by atoms with Crippen molar-refractivity contribution in [2.24, 2.45) is 10.9 Å². The van der Waals surface area contributed by atoms with Gasteiger partial charge in [-0.3, -0.25) is 0 Å². The summed E-state index contributed by atoms with van der Waals surface area (Å²) in [7, 11) is 0. The first-order chi connectivity index (χ1) is 13.6. The normalized spacial score (nSPS) is 12.1. The lowest BCUT2D eigenvalue weighted by atomic mass is 10.1. The molecule has 0 radical (unpaired) electrons. The van der Waals surface area contributed by atoms with Crippen molar-refractivity contribution in [2.45, 2.75) is 47.2 Å². The number of hydrogen-bond donors (Lipinski definition) is 3. The van der Waals surface area contributed by atoms with Gasteiger partial charge in [0.15, 0.2) is 5.96 Å². The zero-order chi connectivity index (χ0) is 19.9. The quantitative estimate of drug-likeness (QED) is 0.413. The van der Waals surface area contributed by atoms with Gasteiger partial charge in [-0.05, 0) is 37.3 Å². The molecule has 0 fully saturated rings. The standard InChI is InChI=1S/C22H32N6/c1-5-23-22(27-14-20-24-11-12-28(20)15-16(2)3)25-10-9-18-13-26-21-17(4)7-6-8-19(18)21/h6-8,11-13,16,26H,5,9-10,14-15H2,1-4H3,(H2,23,25,27). The fraction of sp³-hybridized carbons (Fsp3) is 0.455. The second kappa shape index (κ2) is 9.44. The third-order valence-corrected chi connectivity index (χ3v) is 4.78. The molecule has 0 saturated carbocycles. The number of rotatable bonds is 8. The van der Waals surface area contributed by atoms with Crippen LogP contribution in [0.3, 0.4) is 0 Å². The van der Waals surface area contributed by atoms with Gasteiger partial charge in [-0.2, -0.15) is 0 Å². The number of nitrogens with zero attached hydrogens (tertiary/aromatic N) is 3. The number of hydrogen-bond acceptors (Lipinski definition) is 2. The van der Waals surface area contributed by atoms with Crippen LogP contribution >= 0.6 is 0 Å². The Morgan fingerprint density at radius 3 is 2.93 bits per heavy atom. The third kappa shape index (κ3) is 4.94. The summed E-state index contributed by atoms with van der Waals surface area (Å²) in [5.41, 5.74) is 3.84. The van der Waals surface area contributed by atoms with Crippen LogP contribution in [0.1, 0.15) is 37.7 Å². The molecule has 1 aromatic carbocycles. The molecule has 0 aliphatic heterocycles. The molecule has 0 amide bonds. The van der Waals surface area contributed by atoms with Crippen molar-refractivity contribution in [3.05, 3.63) is 53.7 Å². The summed E-state index contributed by atoms with van der Waals surface area (Å²) < 4.78 is 2.19. The summed E-state index contributed by atoms with van der Waals surface area (Å²) in [6, 6.07) is 6.44. The first kappa shape index (κ1) is 20.0. The van der Waals surface area contributed by atoms with E-state index in [1.807, 2.05) is 12.4 Å². The third-order valence-electron chi connectivity index (χ3n) is 4.78. The lowest BCUT2D eigenvalue weighted by Gasteiger charge is -2.12. The number of imidazole rings is 1. The highest BCUT2D eigenvalue weighted by molar-refractivity contribution is 5.86. The van der Waals surface area contributed by atoms with Crippen LogP contribution in [0.5, 0.6) is 0 Å². The first-order valence-corrected chi connectivity index (χ1v) is 10.2. The molecule has 6 heteroatoms. The summed E-state index contributed by atoms with van der Waals surface area (Å²) in [6.07, 6.45) is 6.94. The Kier molecular flexibility index (Phi) is 6.74. The van der Waals surface area contributed by atoms with Crippen LogP contribution < -0.4 is 10.6 Å². The van der Waals surface area contributed by atoms with E-state index in [2.05, 4.69) is 77.3 Å². The number of aryl methyl sites for hydroxylation is 1. The van der Waals surface area contributed by atoms with Gasteiger partial charge in [0.25, 0.3) is 0 Å². The molecule has 2 heterocycles. The number of aromatic nitrogens is 3. The smallest absolute Gasteiger partial charge is 0.191 e. The van der Waals surface area contributed by atoms with Crippen LogP contribution in [0.4, 0.5) is 0 Å². The van der Waals surface area contributed by atoms with Crippen molar-refractivity contribution in [2.75, 3.05) is 13.1 Å². The molecule has 0 aliphatic rings. The molecule has 0 bridgehead atoms. The van der Waals surface area contributed by atoms with Gasteiger partial charge >= 0.3 is 0 Å². The number of fused-ring (bicyclic) bond motifs is 1. The highest BCUT2D eigenvalue weighted by Gasteiger charge is 2.07. The van der Waals surface area contributed by atoms with Gasteiger partial charge in [0.05, 0.1) is 0 Å². The SMILES string of the molecule is CCNC(=NCc1nccn1CC(C)C)NCCc1c[nH]c2c(C)cccc12. The number of aliphatic imine (C=N–C) groups is 1. The van der Waals surface area contributed by atoms with Crippen molar-refractivity contribution in [3.63, 3.8) is 0 Å². The molecule has 0 aliphatic carbocycles. The van der Waals surface area contributed by atoms with Gasteiger partial charge in [-0.1, -0.05) is 32.0 Å². The van der Waals surface area contributed by atoms with E-state index < -0.39 is 0 Å². The molecule has 3 N–H and O–H groups in total. The highest BCUT2D eigenvalue weighted by Crippen LogP contribution is 2.21. The average Bonchev–Trinajstić information content (AvgIpc) is 3.27. The van der Waals surface area contributed by atoms with Crippen LogP contribution in [0.15, 0.2) is 41.8 Å². The maximum atomic E-state index is 4.72. The van der Waals surface area contributed by atoms with Crippen LogP contribution in [0, 0.1) is 12.8 Å². The maximum Gasteiger partial charge on any atom is 0.191 e. The Bertz CT molecular complexity index is 918. The van der Waals surface area contributed by atoms with Crippen LogP contribution in [0.25, 0.3) is 10.9 Å². The van der Waals surface area contributed by atoms with E-state index in [0.717, 1.165) is 37.8 Å². The maximum absolute atomic E-state index is 4.72. The van der Waals surface area contributed by atoms with Gasteiger partial charge < -0.3 is 20.2 Å². The lowest BCUT2D eigenvalue weighted by molar-refractivity contribution is 0.507. The van der Waals surface area contributed by atoms with Crippen molar-refractivity contribution >= 4 is 16.9 Å². The topological polar surface area (TPSA) is 70.0 Å². The Hall–Kier alpha value is -2.76. The first-order valence-electron chi connectivity index (χ1n) is 10.2.